The minimum absolute atomic E-state index is 0.0324. The fourth-order valence-electron chi connectivity index (χ4n) is 1.73. The fraction of sp³-hybridized carbons (Fsp3) is 0.182. The number of fused-ring (bicyclic) bond motifs is 1. The van der Waals surface area contributed by atoms with Gasteiger partial charge >= 0.3 is 6.30 Å². The summed E-state index contributed by atoms with van der Waals surface area (Å²) in [6.45, 7) is 0. The molecule has 2 N–H and O–H groups in total. The maximum absolute atomic E-state index is 12.8. The topological polar surface area (TPSA) is 46.3 Å². The highest BCUT2D eigenvalue weighted by Gasteiger charge is 2.39. The van der Waals surface area contributed by atoms with Gasteiger partial charge in [0.25, 0.3) is 0 Å². The smallest absolute Gasteiger partial charge is 0.366 e. The first-order chi connectivity index (χ1) is 7.89. The lowest BCUT2D eigenvalue weighted by atomic mass is 9.99. The van der Waals surface area contributed by atoms with Crippen molar-refractivity contribution in [3.8, 4) is 0 Å². The molecule has 17 heavy (non-hydrogen) atoms. The standard InChI is InChI=1S/C11H9F3N2O/c12-11(13,14)16-6-8(10(15)17)5-7-3-1-2-4-9(7)16/h1-4,6H,5H2,(H2,15,17). The van der Waals surface area contributed by atoms with Gasteiger partial charge in [-0.3, -0.25) is 9.69 Å². The van der Waals surface area contributed by atoms with Crippen LogP contribution in [0.5, 0.6) is 0 Å². The van der Waals surface area contributed by atoms with E-state index in [9.17, 15) is 18.0 Å². The molecule has 1 aromatic carbocycles. The number of alkyl halides is 3. The highest BCUT2D eigenvalue weighted by molar-refractivity contribution is 5.94. The number of anilines is 1. The summed E-state index contributed by atoms with van der Waals surface area (Å²) in [6.07, 6.45) is -3.69. The number of amides is 1. The van der Waals surface area contributed by atoms with Crippen LogP contribution in [0, 0.1) is 0 Å². The molecule has 0 aromatic heterocycles. The number of hydrogen-bond donors (Lipinski definition) is 1. The van der Waals surface area contributed by atoms with Crippen LogP contribution in [-0.4, -0.2) is 12.2 Å². The maximum atomic E-state index is 12.8. The number of primary amides is 1. The van der Waals surface area contributed by atoms with Crippen molar-refractivity contribution in [1.82, 2.24) is 0 Å². The Bertz CT molecular complexity index is 494. The van der Waals surface area contributed by atoms with Crippen LogP contribution in [0.4, 0.5) is 18.9 Å². The molecule has 0 fully saturated rings. The monoisotopic (exact) mass is 242 g/mol. The molecule has 1 aliphatic heterocycles. The van der Waals surface area contributed by atoms with Crippen molar-refractivity contribution in [3.63, 3.8) is 0 Å². The van der Waals surface area contributed by atoms with Crippen LogP contribution in [0.2, 0.25) is 0 Å². The lowest BCUT2D eigenvalue weighted by Crippen LogP contribution is -2.37. The second kappa shape index (κ2) is 3.80. The van der Waals surface area contributed by atoms with E-state index in [-0.39, 0.29) is 22.6 Å². The number of nitrogens with zero attached hydrogens (tertiary/aromatic N) is 1. The van der Waals surface area contributed by atoms with E-state index in [1.54, 1.807) is 12.1 Å². The van der Waals surface area contributed by atoms with E-state index < -0.39 is 12.2 Å². The van der Waals surface area contributed by atoms with Gasteiger partial charge in [0, 0.05) is 18.2 Å². The summed E-state index contributed by atoms with van der Waals surface area (Å²) in [4.78, 5) is 11.1. The second-order valence-electron chi connectivity index (χ2n) is 3.66. The molecule has 90 valence electrons. The molecule has 1 amide bonds. The summed E-state index contributed by atoms with van der Waals surface area (Å²) in [5.41, 5.74) is 5.44. The van der Waals surface area contributed by atoms with Gasteiger partial charge in [-0.1, -0.05) is 18.2 Å². The molecule has 1 heterocycles. The molecule has 0 saturated heterocycles. The van der Waals surface area contributed by atoms with Crippen LogP contribution in [0.25, 0.3) is 0 Å². The minimum atomic E-state index is -4.57. The molecule has 0 atom stereocenters. The molecule has 0 saturated carbocycles. The molecular formula is C11H9F3N2O. The molecule has 0 unspecified atom stereocenters. The van der Waals surface area contributed by atoms with E-state index in [0.29, 0.717) is 5.56 Å². The zero-order valence-corrected chi connectivity index (χ0v) is 8.66. The summed E-state index contributed by atoms with van der Waals surface area (Å²) in [5.74, 6) is -0.839. The van der Waals surface area contributed by atoms with Gasteiger partial charge in [0.05, 0.1) is 5.69 Å². The molecule has 6 heteroatoms. The molecule has 0 spiro atoms. The van der Waals surface area contributed by atoms with Crippen molar-refractivity contribution in [1.29, 1.82) is 0 Å². The number of carbonyl (C=O) groups is 1. The SMILES string of the molecule is NC(=O)C1=CN(C(F)(F)F)c2ccccc2C1. The predicted octanol–water partition coefficient (Wildman–Crippen LogP) is 1.94. The second-order valence-corrected chi connectivity index (χ2v) is 3.66. The van der Waals surface area contributed by atoms with E-state index in [0.717, 1.165) is 6.20 Å². The molecule has 0 radical (unpaired) electrons. The number of halogens is 3. The van der Waals surface area contributed by atoms with E-state index in [1.807, 2.05) is 0 Å². The van der Waals surface area contributed by atoms with Gasteiger partial charge in [0.2, 0.25) is 5.91 Å². The summed E-state index contributed by atoms with van der Waals surface area (Å²) in [7, 11) is 0. The quantitative estimate of drug-likeness (QED) is 0.765. The van der Waals surface area contributed by atoms with E-state index in [4.69, 9.17) is 5.73 Å². The third-order valence-electron chi connectivity index (χ3n) is 2.51. The molecule has 0 bridgehead atoms. The van der Waals surface area contributed by atoms with E-state index >= 15 is 0 Å². The summed E-state index contributed by atoms with van der Waals surface area (Å²) < 4.78 is 38.4. The molecule has 0 aliphatic carbocycles. The van der Waals surface area contributed by atoms with Gasteiger partial charge in [0.1, 0.15) is 0 Å². The van der Waals surface area contributed by atoms with Crippen LogP contribution >= 0.6 is 0 Å². The van der Waals surface area contributed by atoms with Crippen molar-refractivity contribution in [2.45, 2.75) is 12.7 Å². The summed E-state index contributed by atoms with van der Waals surface area (Å²) in [6, 6.07) is 6.04. The van der Waals surface area contributed by atoms with Crippen molar-refractivity contribution in [2.75, 3.05) is 4.90 Å². The molecule has 2 rings (SSSR count). The van der Waals surface area contributed by atoms with Gasteiger partial charge in [0.15, 0.2) is 0 Å². The van der Waals surface area contributed by atoms with Gasteiger partial charge in [-0.15, -0.1) is 13.2 Å². The Hall–Kier alpha value is -1.98. The van der Waals surface area contributed by atoms with Crippen molar-refractivity contribution < 1.29 is 18.0 Å². The zero-order valence-electron chi connectivity index (χ0n) is 8.66. The van der Waals surface area contributed by atoms with Crippen LogP contribution in [-0.2, 0) is 11.2 Å². The number of rotatable bonds is 1. The van der Waals surface area contributed by atoms with Crippen LogP contribution in [0.3, 0.4) is 0 Å². The van der Waals surface area contributed by atoms with Gasteiger partial charge in [-0.2, -0.15) is 0 Å². The van der Waals surface area contributed by atoms with Crippen LogP contribution in [0.15, 0.2) is 36.0 Å². The van der Waals surface area contributed by atoms with E-state index in [2.05, 4.69) is 0 Å². The first kappa shape index (κ1) is 11.5. The van der Waals surface area contributed by atoms with Gasteiger partial charge < -0.3 is 5.73 Å². The average molecular weight is 242 g/mol. The van der Waals surface area contributed by atoms with Crippen molar-refractivity contribution in [3.05, 3.63) is 41.6 Å². The van der Waals surface area contributed by atoms with Gasteiger partial charge in [-0.25, -0.2) is 0 Å². The fourth-order valence-corrected chi connectivity index (χ4v) is 1.73. The van der Waals surface area contributed by atoms with Crippen LogP contribution < -0.4 is 10.6 Å². The van der Waals surface area contributed by atoms with Gasteiger partial charge in [-0.05, 0) is 11.6 Å². The minimum Gasteiger partial charge on any atom is -0.366 e. The summed E-state index contributed by atoms with van der Waals surface area (Å²) >= 11 is 0. The lowest BCUT2D eigenvalue weighted by molar-refractivity contribution is -0.122. The number of benzene rings is 1. The largest absolute Gasteiger partial charge is 0.488 e. The Morgan fingerprint density at radius 3 is 2.53 bits per heavy atom. The predicted molar refractivity (Wildman–Crippen MR) is 56.0 cm³/mol. The third kappa shape index (κ3) is 2.11. The first-order valence-electron chi connectivity index (χ1n) is 4.84. The number of hydrogen-bond acceptors (Lipinski definition) is 2. The highest BCUT2D eigenvalue weighted by Crippen LogP contribution is 2.36. The highest BCUT2D eigenvalue weighted by atomic mass is 19.4. The Kier molecular flexibility index (Phi) is 2.57. The number of nitrogens with two attached hydrogens (primary N) is 1. The Morgan fingerprint density at radius 2 is 1.94 bits per heavy atom. The normalized spacial score (nSPS) is 15.2. The summed E-state index contributed by atoms with van der Waals surface area (Å²) in [5, 5.41) is 0. The molecule has 3 nitrogen and oxygen atoms in total. The third-order valence-corrected chi connectivity index (χ3v) is 2.51. The number of carbonyl (C=O) groups excluding carboxylic acids is 1. The Labute approximate surface area is 95.3 Å². The van der Waals surface area contributed by atoms with Crippen molar-refractivity contribution in [2.24, 2.45) is 5.73 Å². The Balaban J connectivity index is 2.53. The number of para-hydroxylation sites is 1. The van der Waals surface area contributed by atoms with E-state index in [1.165, 1.54) is 12.1 Å². The first-order valence-corrected chi connectivity index (χ1v) is 4.84. The zero-order chi connectivity index (χ0) is 12.6. The maximum Gasteiger partial charge on any atom is 0.488 e. The van der Waals surface area contributed by atoms with Crippen molar-refractivity contribution >= 4 is 11.6 Å². The molecule has 1 aromatic rings. The average Bonchev–Trinajstić information content (AvgIpc) is 2.26. The van der Waals surface area contributed by atoms with Crippen LogP contribution in [0.1, 0.15) is 5.56 Å². The Morgan fingerprint density at radius 1 is 1.29 bits per heavy atom. The molecule has 1 aliphatic rings. The molecular weight excluding hydrogens is 233 g/mol. The lowest BCUT2D eigenvalue weighted by Gasteiger charge is -2.29.